The average Bonchev–Trinajstić information content (AvgIpc) is 3.24. The summed E-state index contributed by atoms with van der Waals surface area (Å²) < 4.78 is 0. The molecule has 1 atom stereocenters. The van der Waals surface area contributed by atoms with Crippen molar-refractivity contribution in [1.82, 2.24) is 14.9 Å². The van der Waals surface area contributed by atoms with Gasteiger partial charge >= 0.3 is 0 Å². The van der Waals surface area contributed by atoms with Crippen LogP contribution >= 0.6 is 0 Å². The fourth-order valence-corrected chi connectivity index (χ4v) is 3.79. The fraction of sp³-hybridized carbons (Fsp3) is 0.474. The number of amides is 1. The van der Waals surface area contributed by atoms with Crippen molar-refractivity contribution in [3.63, 3.8) is 0 Å². The summed E-state index contributed by atoms with van der Waals surface area (Å²) >= 11 is 0. The van der Waals surface area contributed by atoms with Crippen LogP contribution in [0.3, 0.4) is 0 Å². The minimum atomic E-state index is 0.324. The molecule has 2 heterocycles. The molecule has 0 spiro atoms. The molecule has 1 aromatic carbocycles. The third-order valence-electron chi connectivity index (χ3n) is 5.19. The normalized spacial score (nSPS) is 22.1. The molecule has 0 bridgehead atoms. The van der Waals surface area contributed by atoms with E-state index in [1.54, 1.807) is 0 Å². The zero-order chi connectivity index (χ0) is 15.6. The van der Waals surface area contributed by atoms with Gasteiger partial charge in [-0.25, -0.2) is 4.98 Å². The predicted molar refractivity (Wildman–Crippen MR) is 91.1 cm³/mol. The highest BCUT2D eigenvalue weighted by Gasteiger charge is 2.26. The lowest BCUT2D eigenvalue weighted by Crippen LogP contribution is -2.38. The van der Waals surface area contributed by atoms with Gasteiger partial charge in [0.25, 0.3) is 0 Å². The van der Waals surface area contributed by atoms with Gasteiger partial charge in [0.15, 0.2) is 0 Å². The number of carbonyl (C=O) groups is 1. The van der Waals surface area contributed by atoms with Crippen molar-refractivity contribution in [3.05, 3.63) is 42.2 Å². The molecule has 1 aliphatic heterocycles. The van der Waals surface area contributed by atoms with Crippen molar-refractivity contribution in [1.29, 1.82) is 0 Å². The third kappa shape index (κ3) is 3.03. The molecule has 1 N–H and O–H groups in total. The summed E-state index contributed by atoms with van der Waals surface area (Å²) in [5.41, 5.74) is 2.14. The summed E-state index contributed by atoms with van der Waals surface area (Å²) in [6.45, 7) is 1.72. The largest absolute Gasteiger partial charge is 0.343 e. The van der Waals surface area contributed by atoms with Crippen LogP contribution in [0.5, 0.6) is 0 Å². The molecule has 23 heavy (non-hydrogen) atoms. The van der Waals surface area contributed by atoms with Gasteiger partial charge in [0.05, 0.1) is 11.0 Å². The lowest BCUT2D eigenvalue weighted by molar-refractivity contribution is -0.132. The highest BCUT2D eigenvalue weighted by atomic mass is 16.2. The molecule has 1 fully saturated rings. The summed E-state index contributed by atoms with van der Waals surface area (Å²) in [5, 5.41) is 0. The second-order valence-corrected chi connectivity index (χ2v) is 6.76. The summed E-state index contributed by atoms with van der Waals surface area (Å²) in [6.07, 6.45) is 9.38. The summed E-state index contributed by atoms with van der Waals surface area (Å²) in [6, 6.07) is 8.16. The Morgan fingerprint density at radius 1 is 1.22 bits per heavy atom. The first-order valence-corrected chi connectivity index (χ1v) is 8.68. The Morgan fingerprint density at radius 3 is 2.78 bits per heavy atom. The summed E-state index contributed by atoms with van der Waals surface area (Å²) in [4.78, 5) is 22.6. The number of nitrogens with zero attached hydrogens (tertiary/aromatic N) is 2. The number of carbonyl (C=O) groups excluding carboxylic acids is 1. The second kappa shape index (κ2) is 6.19. The van der Waals surface area contributed by atoms with Crippen molar-refractivity contribution >= 4 is 16.9 Å². The van der Waals surface area contributed by atoms with E-state index in [1.165, 1.54) is 0 Å². The number of imidazole rings is 1. The van der Waals surface area contributed by atoms with E-state index in [4.69, 9.17) is 4.98 Å². The van der Waals surface area contributed by atoms with Crippen molar-refractivity contribution in [2.45, 2.75) is 38.0 Å². The first kappa shape index (κ1) is 14.5. The zero-order valence-electron chi connectivity index (χ0n) is 13.4. The summed E-state index contributed by atoms with van der Waals surface area (Å²) in [7, 11) is 0. The van der Waals surface area contributed by atoms with E-state index >= 15 is 0 Å². The lowest BCUT2D eigenvalue weighted by atomic mass is 9.95. The smallest absolute Gasteiger partial charge is 0.223 e. The molecule has 0 saturated carbocycles. The molecule has 1 amide bonds. The van der Waals surface area contributed by atoms with Crippen LogP contribution in [0, 0.1) is 5.92 Å². The standard InChI is InChI=1S/C19H23N3O/c23-18(13-14-5-1-2-6-14)22-11-9-15(10-12-22)19-20-16-7-3-4-8-17(16)21-19/h1,3-5,7-8,14-15H,2,6,9-13H2,(H,20,21)/t14-/m0/s1. The fourth-order valence-electron chi connectivity index (χ4n) is 3.79. The van der Waals surface area contributed by atoms with E-state index in [2.05, 4.69) is 23.2 Å². The number of rotatable bonds is 3. The van der Waals surface area contributed by atoms with Crippen molar-refractivity contribution in [2.75, 3.05) is 13.1 Å². The number of hydrogen-bond donors (Lipinski definition) is 1. The minimum Gasteiger partial charge on any atom is -0.343 e. The van der Waals surface area contributed by atoms with Gasteiger partial charge in [-0.15, -0.1) is 0 Å². The number of piperidine rings is 1. The molecule has 0 radical (unpaired) electrons. The van der Waals surface area contributed by atoms with Crippen molar-refractivity contribution < 1.29 is 4.79 Å². The number of allylic oxidation sites excluding steroid dienone is 2. The molecule has 4 nitrogen and oxygen atoms in total. The maximum Gasteiger partial charge on any atom is 0.223 e. The Morgan fingerprint density at radius 2 is 2.04 bits per heavy atom. The maximum atomic E-state index is 12.4. The van der Waals surface area contributed by atoms with Crippen LogP contribution in [0.2, 0.25) is 0 Å². The Kier molecular flexibility index (Phi) is 3.90. The number of fused-ring (bicyclic) bond motifs is 1. The van der Waals surface area contributed by atoms with Crippen molar-refractivity contribution in [3.8, 4) is 0 Å². The van der Waals surface area contributed by atoms with Gasteiger partial charge in [-0.1, -0.05) is 24.3 Å². The Labute approximate surface area is 136 Å². The molecule has 1 saturated heterocycles. The van der Waals surface area contributed by atoms with Crippen molar-refractivity contribution in [2.24, 2.45) is 5.92 Å². The number of hydrogen-bond acceptors (Lipinski definition) is 2. The van der Waals surface area contributed by atoms with Crippen LogP contribution < -0.4 is 0 Å². The SMILES string of the molecule is O=C(C[C@H]1C=CCC1)N1CCC(c2nc3ccccc3[nH]2)CC1. The Hall–Kier alpha value is -2.10. The van der Waals surface area contributed by atoms with Gasteiger partial charge in [-0.3, -0.25) is 4.79 Å². The number of likely N-dealkylation sites (tertiary alicyclic amines) is 1. The molecule has 4 heteroatoms. The molecule has 2 aromatic rings. The first-order valence-electron chi connectivity index (χ1n) is 8.68. The predicted octanol–water partition coefficient (Wildman–Crippen LogP) is 3.63. The van der Waals surface area contributed by atoms with E-state index in [1.807, 2.05) is 23.1 Å². The maximum absolute atomic E-state index is 12.4. The molecule has 2 aliphatic rings. The van der Waals surface area contributed by atoms with E-state index in [0.717, 1.165) is 55.6 Å². The number of aromatic nitrogens is 2. The van der Waals surface area contributed by atoms with Gasteiger partial charge in [-0.2, -0.15) is 0 Å². The lowest BCUT2D eigenvalue weighted by Gasteiger charge is -2.31. The first-order chi connectivity index (χ1) is 11.3. The Balaban J connectivity index is 1.36. The van der Waals surface area contributed by atoms with E-state index in [0.29, 0.717) is 24.2 Å². The highest BCUT2D eigenvalue weighted by Crippen LogP contribution is 2.29. The van der Waals surface area contributed by atoms with Gasteiger partial charge in [-0.05, 0) is 43.7 Å². The van der Waals surface area contributed by atoms with Crippen LogP contribution in [0.4, 0.5) is 0 Å². The Bertz CT molecular complexity index is 692. The second-order valence-electron chi connectivity index (χ2n) is 6.76. The molecule has 1 aliphatic carbocycles. The van der Waals surface area contributed by atoms with Crippen LogP contribution in [0.15, 0.2) is 36.4 Å². The number of benzene rings is 1. The topological polar surface area (TPSA) is 49.0 Å². The van der Waals surface area contributed by atoms with Gasteiger partial charge < -0.3 is 9.88 Å². The van der Waals surface area contributed by atoms with Gasteiger partial charge in [0, 0.05) is 25.4 Å². The van der Waals surface area contributed by atoms with Crippen LogP contribution in [-0.4, -0.2) is 33.9 Å². The van der Waals surface area contributed by atoms with E-state index in [9.17, 15) is 4.79 Å². The quantitative estimate of drug-likeness (QED) is 0.880. The van der Waals surface area contributed by atoms with Gasteiger partial charge in [0.2, 0.25) is 5.91 Å². The molecule has 120 valence electrons. The third-order valence-corrected chi connectivity index (χ3v) is 5.19. The molecular formula is C19H23N3O. The molecule has 0 unspecified atom stereocenters. The van der Waals surface area contributed by atoms with Gasteiger partial charge in [0.1, 0.15) is 5.82 Å². The molecule has 1 aromatic heterocycles. The van der Waals surface area contributed by atoms with Crippen LogP contribution in [0.1, 0.15) is 43.8 Å². The summed E-state index contributed by atoms with van der Waals surface area (Å²) in [5.74, 6) is 2.31. The number of para-hydroxylation sites is 2. The van der Waals surface area contributed by atoms with E-state index in [-0.39, 0.29) is 0 Å². The number of H-pyrrole nitrogens is 1. The number of aromatic amines is 1. The zero-order valence-corrected chi connectivity index (χ0v) is 13.4. The minimum absolute atomic E-state index is 0.324. The van der Waals surface area contributed by atoms with Crippen LogP contribution in [-0.2, 0) is 4.79 Å². The molecule has 4 rings (SSSR count). The van der Waals surface area contributed by atoms with E-state index < -0.39 is 0 Å². The number of nitrogens with one attached hydrogen (secondary N) is 1. The highest BCUT2D eigenvalue weighted by molar-refractivity contribution is 5.77. The van der Waals surface area contributed by atoms with Crippen LogP contribution in [0.25, 0.3) is 11.0 Å². The molecular weight excluding hydrogens is 286 g/mol. The average molecular weight is 309 g/mol. The monoisotopic (exact) mass is 309 g/mol.